The second-order valence-corrected chi connectivity index (χ2v) is 7.58. The maximum Gasteiger partial charge on any atom is 0.221 e. The Labute approximate surface area is 183 Å². The van der Waals surface area contributed by atoms with Crippen LogP contribution in [0.2, 0.25) is 0 Å². The molecule has 31 heavy (non-hydrogen) atoms. The average molecular weight is 417 g/mol. The van der Waals surface area contributed by atoms with Crippen molar-refractivity contribution >= 4 is 28.9 Å². The number of aromatic nitrogens is 1. The predicted molar refractivity (Wildman–Crippen MR) is 125 cm³/mol. The number of rotatable bonds is 9. The minimum Gasteiger partial charge on any atom is -0.324 e. The molecule has 0 atom stereocenters. The number of hydrogen-bond acceptors (Lipinski definition) is 5. The van der Waals surface area contributed by atoms with E-state index in [0.29, 0.717) is 29.2 Å². The number of nitrogens with one attached hydrogen (secondary N) is 1. The van der Waals surface area contributed by atoms with Crippen LogP contribution < -0.4 is 10.2 Å². The molecular formula is C25H28N4O2. The summed E-state index contributed by atoms with van der Waals surface area (Å²) in [6.07, 6.45) is 2.55. The molecule has 0 saturated carbocycles. The lowest BCUT2D eigenvalue weighted by Gasteiger charge is -2.28. The number of amides is 1. The molecule has 6 heteroatoms. The zero-order valence-electron chi connectivity index (χ0n) is 18.2. The molecule has 3 aromatic rings. The van der Waals surface area contributed by atoms with Crippen molar-refractivity contribution in [1.82, 2.24) is 9.88 Å². The van der Waals surface area contributed by atoms with Gasteiger partial charge in [0.25, 0.3) is 0 Å². The molecule has 1 heterocycles. The summed E-state index contributed by atoms with van der Waals surface area (Å²) in [6, 6.07) is 20.4. The van der Waals surface area contributed by atoms with Gasteiger partial charge in [0.05, 0.1) is 11.4 Å². The lowest BCUT2D eigenvalue weighted by molar-refractivity contribution is -0.114. The third-order valence-corrected chi connectivity index (χ3v) is 4.82. The number of anilines is 3. The molecule has 2 aromatic carbocycles. The molecule has 0 aliphatic carbocycles. The molecule has 0 spiro atoms. The minimum absolute atomic E-state index is 0.0502. The second kappa shape index (κ2) is 10.5. The number of carbonyl (C=O) groups excluding carboxylic acids is 2. The summed E-state index contributed by atoms with van der Waals surface area (Å²) in [4.78, 5) is 33.8. The first-order valence-corrected chi connectivity index (χ1v) is 10.3. The Hall–Kier alpha value is -3.51. The van der Waals surface area contributed by atoms with Crippen LogP contribution in [0, 0.1) is 0 Å². The van der Waals surface area contributed by atoms with Crippen LogP contribution in [-0.2, 0) is 4.79 Å². The highest BCUT2D eigenvalue weighted by atomic mass is 16.1. The largest absolute Gasteiger partial charge is 0.324 e. The molecule has 1 aromatic heterocycles. The SMILES string of the molecule is CC(=O)Nc1cccnc1N(CCCN(C)C)c1ccccc1C(=O)c1ccccc1. The lowest BCUT2D eigenvalue weighted by atomic mass is 10.0. The van der Waals surface area contributed by atoms with Crippen molar-refractivity contribution < 1.29 is 9.59 Å². The molecule has 3 rings (SSSR count). The van der Waals surface area contributed by atoms with Gasteiger partial charge in [0, 0.05) is 30.8 Å². The van der Waals surface area contributed by atoms with E-state index in [-0.39, 0.29) is 11.7 Å². The Bertz CT molecular complexity index is 1030. The molecule has 0 saturated heterocycles. The third-order valence-electron chi connectivity index (χ3n) is 4.82. The number of para-hydroxylation sites is 1. The predicted octanol–water partition coefficient (Wildman–Crippen LogP) is 4.36. The number of ketones is 1. The summed E-state index contributed by atoms with van der Waals surface area (Å²) in [5.41, 5.74) is 2.60. The Balaban J connectivity index is 2.07. The molecule has 0 unspecified atom stereocenters. The van der Waals surface area contributed by atoms with Crippen molar-refractivity contribution in [3.8, 4) is 0 Å². The Morgan fingerprint density at radius 1 is 0.903 bits per heavy atom. The molecule has 1 N–H and O–H groups in total. The van der Waals surface area contributed by atoms with Gasteiger partial charge in [0.15, 0.2) is 11.6 Å². The number of benzene rings is 2. The van der Waals surface area contributed by atoms with Gasteiger partial charge >= 0.3 is 0 Å². The van der Waals surface area contributed by atoms with Gasteiger partial charge in [-0.2, -0.15) is 0 Å². The number of hydrogen-bond donors (Lipinski definition) is 1. The van der Waals surface area contributed by atoms with Crippen LogP contribution in [0.15, 0.2) is 72.9 Å². The minimum atomic E-state index is -0.170. The first-order chi connectivity index (χ1) is 15.0. The van der Waals surface area contributed by atoms with Crippen molar-refractivity contribution in [2.75, 3.05) is 37.4 Å². The van der Waals surface area contributed by atoms with Crippen LogP contribution in [-0.4, -0.2) is 48.8 Å². The zero-order chi connectivity index (χ0) is 22.2. The first-order valence-electron chi connectivity index (χ1n) is 10.3. The summed E-state index contributed by atoms with van der Waals surface area (Å²) in [5, 5.41) is 2.86. The molecule has 1 amide bonds. The van der Waals surface area contributed by atoms with Gasteiger partial charge in [-0.25, -0.2) is 4.98 Å². The van der Waals surface area contributed by atoms with Gasteiger partial charge in [-0.1, -0.05) is 42.5 Å². The molecule has 0 aliphatic heterocycles. The fourth-order valence-corrected chi connectivity index (χ4v) is 3.43. The van der Waals surface area contributed by atoms with Gasteiger partial charge in [-0.05, 0) is 51.3 Å². The fraction of sp³-hybridized carbons (Fsp3) is 0.240. The topological polar surface area (TPSA) is 65.5 Å². The van der Waals surface area contributed by atoms with E-state index in [0.717, 1.165) is 18.7 Å². The second-order valence-electron chi connectivity index (χ2n) is 7.58. The normalized spacial score (nSPS) is 10.7. The summed E-state index contributed by atoms with van der Waals surface area (Å²) in [7, 11) is 4.06. The maximum atomic E-state index is 13.3. The van der Waals surface area contributed by atoms with Gasteiger partial charge in [0.1, 0.15) is 0 Å². The first kappa shape index (κ1) is 22.2. The zero-order valence-corrected chi connectivity index (χ0v) is 18.2. The fourth-order valence-electron chi connectivity index (χ4n) is 3.43. The van der Waals surface area contributed by atoms with Crippen LogP contribution in [0.25, 0.3) is 0 Å². The van der Waals surface area contributed by atoms with Crippen LogP contribution >= 0.6 is 0 Å². The highest BCUT2D eigenvalue weighted by molar-refractivity contribution is 6.13. The van der Waals surface area contributed by atoms with E-state index in [2.05, 4.69) is 15.2 Å². The van der Waals surface area contributed by atoms with E-state index < -0.39 is 0 Å². The van der Waals surface area contributed by atoms with Crippen LogP contribution in [0.1, 0.15) is 29.3 Å². The van der Waals surface area contributed by atoms with E-state index in [9.17, 15) is 9.59 Å². The Morgan fingerprint density at radius 2 is 1.61 bits per heavy atom. The molecular weight excluding hydrogens is 388 g/mol. The van der Waals surface area contributed by atoms with Crippen molar-refractivity contribution in [2.24, 2.45) is 0 Å². The van der Waals surface area contributed by atoms with E-state index >= 15 is 0 Å². The third kappa shape index (κ3) is 5.77. The summed E-state index contributed by atoms with van der Waals surface area (Å²) < 4.78 is 0. The van der Waals surface area contributed by atoms with Crippen LogP contribution in [0.5, 0.6) is 0 Å². The molecule has 0 bridgehead atoms. The smallest absolute Gasteiger partial charge is 0.221 e. The molecule has 160 valence electrons. The van der Waals surface area contributed by atoms with Gasteiger partial charge < -0.3 is 15.1 Å². The molecule has 0 aliphatic rings. The quantitative estimate of drug-likeness (QED) is 0.525. The van der Waals surface area contributed by atoms with Crippen molar-refractivity contribution in [2.45, 2.75) is 13.3 Å². The van der Waals surface area contributed by atoms with Crippen molar-refractivity contribution in [3.63, 3.8) is 0 Å². The summed E-state index contributed by atoms with van der Waals surface area (Å²) >= 11 is 0. The Kier molecular flexibility index (Phi) is 7.51. The Morgan fingerprint density at radius 3 is 2.32 bits per heavy atom. The van der Waals surface area contributed by atoms with Crippen molar-refractivity contribution in [3.05, 3.63) is 84.1 Å². The maximum absolute atomic E-state index is 13.3. The summed E-state index contributed by atoms with van der Waals surface area (Å²) in [5.74, 6) is 0.395. The molecule has 6 nitrogen and oxygen atoms in total. The highest BCUT2D eigenvalue weighted by Crippen LogP contribution is 2.33. The highest BCUT2D eigenvalue weighted by Gasteiger charge is 2.21. The van der Waals surface area contributed by atoms with E-state index in [1.54, 1.807) is 12.3 Å². The standard InChI is InChI=1S/C25H28N4O2/c1-19(30)27-22-14-9-16-26-25(22)29(18-10-17-28(2)3)23-15-8-7-13-21(23)24(31)20-11-5-4-6-12-20/h4-9,11-16H,10,17-18H2,1-3H3,(H,27,30). The number of pyridine rings is 1. The summed E-state index contributed by atoms with van der Waals surface area (Å²) in [6.45, 7) is 2.99. The van der Waals surface area contributed by atoms with Gasteiger partial charge in [-0.3, -0.25) is 9.59 Å². The average Bonchev–Trinajstić information content (AvgIpc) is 2.77. The molecule has 0 fully saturated rings. The number of nitrogens with zero attached hydrogens (tertiary/aromatic N) is 3. The van der Waals surface area contributed by atoms with E-state index in [4.69, 9.17) is 0 Å². The number of carbonyl (C=O) groups is 2. The molecule has 0 radical (unpaired) electrons. The van der Waals surface area contributed by atoms with E-state index in [1.807, 2.05) is 79.7 Å². The monoisotopic (exact) mass is 416 g/mol. The van der Waals surface area contributed by atoms with Crippen molar-refractivity contribution in [1.29, 1.82) is 0 Å². The van der Waals surface area contributed by atoms with Crippen LogP contribution in [0.4, 0.5) is 17.2 Å². The van der Waals surface area contributed by atoms with Gasteiger partial charge in [-0.15, -0.1) is 0 Å². The van der Waals surface area contributed by atoms with Gasteiger partial charge in [0.2, 0.25) is 5.91 Å². The van der Waals surface area contributed by atoms with Crippen LogP contribution in [0.3, 0.4) is 0 Å². The van der Waals surface area contributed by atoms with E-state index in [1.165, 1.54) is 6.92 Å². The lowest BCUT2D eigenvalue weighted by Crippen LogP contribution is -2.26.